The van der Waals surface area contributed by atoms with Gasteiger partial charge in [0.05, 0.1) is 10.5 Å². The monoisotopic (exact) mass is 391 g/mol. The quantitative estimate of drug-likeness (QED) is 0.738. The zero-order valence-corrected chi connectivity index (χ0v) is 15.6. The van der Waals surface area contributed by atoms with Crippen LogP contribution in [0.15, 0.2) is 47.4 Å². The highest BCUT2D eigenvalue weighted by Crippen LogP contribution is 2.19. The van der Waals surface area contributed by atoms with Gasteiger partial charge >= 0.3 is 0 Å². The maximum absolute atomic E-state index is 14.4. The molecule has 8 heteroatoms. The van der Waals surface area contributed by atoms with E-state index in [-0.39, 0.29) is 17.0 Å². The molecule has 1 fully saturated rings. The zero-order valence-electron chi connectivity index (χ0n) is 14.8. The van der Waals surface area contributed by atoms with Crippen LogP contribution in [0, 0.1) is 5.82 Å². The molecule has 1 aliphatic heterocycles. The van der Waals surface area contributed by atoms with Crippen LogP contribution < -0.4 is 10.5 Å². The van der Waals surface area contributed by atoms with Crippen molar-refractivity contribution in [2.75, 3.05) is 25.4 Å². The van der Waals surface area contributed by atoms with Crippen LogP contribution in [0.5, 0.6) is 0 Å². The molecule has 144 valence electrons. The van der Waals surface area contributed by atoms with Crippen molar-refractivity contribution in [2.24, 2.45) is 0 Å². The lowest BCUT2D eigenvalue weighted by atomic mass is 10.1. The molecule has 27 heavy (non-hydrogen) atoms. The molecule has 2 aromatic rings. The second-order valence-electron chi connectivity index (χ2n) is 6.53. The highest BCUT2D eigenvalue weighted by atomic mass is 32.2. The van der Waals surface area contributed by atoms with Crippen LogP contribution >= 0.6 is 0 Å². The number of benzene rings is 2. The van der Waals surface area contributed by atoms with Gasteiger partial charge in [-0.1, -0.05) is 12.1 Å². The molecule has 0 bridgehead atoms. The molecule has 3 N–H and O–H groups in total. The van der Waals surface area contributed by atoms with E-state index in [1.54, 1.807) is 17.0 Å². The van der Waals surface area contributed by atoms with Gasteiger partial charge in [-0.3, -0.25) is 4.79 Å². The first-order valence-corrected chi connectivity index (χ1v) is 10.3. The van der Waals surface area contributed by atoms with E-state index < -0.39 is 21.7 Å². The molecule has 0 radical (unpaired) electrons. The summed E-state index contributed by atoms with van der Waals surface area (Å²) in [6.07, 6.45) is 2.28. The largest absolute Gasteiger partial charge is 0.399 e. The number of nitrogens with two attached hydrogens (primary N) is 1. The third-order valence-corrected chi connectivity index (χ3v) is 6.02. The van der Waals surface area contributed by atoms with Crippen molar-refractivity contribution in [2.45, 2.75) is 24.2 Å². The Kier molecular flexibility index (Phi) is 5.76. The number of rotatable bonds is 6. The van der Waals surface area contributed by atoms with Gasteiger partial charge in [0.25, 0.3) is 5.91 Å². The third-order valence-electron chi connectivity index (χ3n) is 4.56. The average Bonchev–Trinajstić information content (AvgIpc) is 3.17. The number of nitrogens with one attached hydrogen (secondary N) is 1. The van der Waals surface area contributed by atoms with Crippen LogP contribution in [-0.2, 0) is 16.4 Å². The second kappa shape index (κ2) is 8.06. The molecule has 0 aromatic heterocycles. The molecule has 1 aliphatic rings. The van der Waals surface area contributed by atoms with Crippen LogP contribution in [0.1, 0.15) is 28.8 Å². The lowest BCUT2D eigenvalue weighted by molar-refractivity contribution is 0.0788. The minimum Gasteiger partial charge on any atom is -0.399 e. The number of hydrogen-bond donors (Lipinski definition) is 2. The van der Waals surface area contributed by atoms with Crippen LogP contribution in [0.25, 0.3) is 0 Å². The van der Waals surface area contributed by atoms with Crippen LogP contribution in [-0.4, -0.2) is 38.9 Å². The van der Waals surface area contributed by atoms with E-state index in [0.717, 1.165) is 24.5 Å². The Bertz CT molecular complexity index is 924. The summed E-state index contributed by atoms with van der Waals surface area (Å²) in [5, 5.41) is 0. The molecule has 0 saturated carbocycles. The Hall–Kier alpha value is -2.45. The van der Waals surface area contributed by atoms with E-state index in [0.29, 0.717) is 25.2 Å². The minimum absolute atomic E-state index is 0.0993. The zero-order chi connectivity index (χ0) is 19.4. The van der Waals surface area contributed by atoms with Crippen molar-refractivity contribution in [3.05, 3.63) is 59.4 Å². The van der Waals surface area contributed by atoms with Crippen molar-refractivity contribution in [1.82, 2.24) is 9.62 Å². The third kappa shape index (κ3) is 4.64. The van der Waals surface area contributed by atoms with E-state index in [9.17, 15) is 17.6 Å². The summed E-state index contributed by atoms with van der Waals surface area (Å²) in [7, 11) is -3.86. The van der Waals surface area contributed by atoms with Gasteiger partial charge in [-0.25, -0.2) is 17.5 Å². The normalized spacial score (nSPS) is 14.5. The first kappa shape index (κ1) is 19.3. The highest BCUT2D eigenvalue weighted by molar-refractivity contribution is 7.89. The summed E-state index contributed by atoms with van der Waals surface area (Å²) in [5.74, 6) is -1.22. The van der Waals surface area contributed by atoms with E-state index >= 15 is 0 Å². The summed E-state index contributed by atoms with van der Waals surface area (Å²) < 4.78 is 41.6. The Labute approximate surface area is 158 Å². The van der Waals surface area contributed by atoms with E-state index in [2.05, 4.69) is 4.72 Å². The first-order chi connectivity index (χ1) is 12.9. The number of anilines is 1. The van der Waals surface area contributed by atoms with Crippen molar-refractivity contribution in [1.29, 1.82) is 0 Å². The van der Waals surface area contributed by atoms with Crippen LogP contribution in [0.4, 0.5) is 10.1 Å². The number of sulfonamides is 1. The molecule has 0 spiro atoms. The maximum Gasteiger partial charge on any atom is 0.256 e. The maximum atomic E-state index is 14.4. The minimum atomic E-state index is -3.86. The predicted octanol–water partition coefficient (Wildman–Crippen LogP) is 2.16. The second-order valence-corrected chi connectivity index (χ2v) is 8.30. The molecule has 3 rings (SSSR count). The Morgan fingerprint density at radius 2 is 1.78 bits per heavy atom. The van der Waals surface area contributed by atoms with E-state index in [1.807, 2.05) is 12.1 Å². The van der Waals surface area contributed by atoms with Crippen molar-refractivity contribution in [3.63, 3.8) is 0 Å². The van der Waals surface area contributed by atoms with Crippen LogP contribution in [0.2, 0.25) is 0 Å². The van der Waals surface area contributed by atoms with Crippen molar-refractivity contribution < 1.29 is 17.6 Å². The van der Waals surface area contributed by atoms with Crippen molar-refractivity contribution in [3.8, 4) is 0 Å². The molecule has 1 saturated heterocycles. The Morgan fingerprint density at radius 3 is 2.41 bits per heavy atom. The number of carbonyl (C=O) groups is 1. The van der Waals surface area contributed by atoms with Gasteiger partial charge in [-0.2, -0.15) is 0 Å². The lowest BCUT2D eigenvalue weighted by Crippen LogP contribution is -2.29. The van der Waals surface area contributed by atoms with Crippen molar-refractivity contribution >= 4 is 21.6 Å². The molecule has 2 aromatic carbocycles. The number of halogens is 1. The van der Waals surface area contributed by atoms with E-state index in [4.69, 9.17) is 5.73 Å². The molecule has 1 heterocycles. The summed E-state index contributed by atoms with van der Waals surface area (Å²) in [6, 6.07) is 10.5. The van der Waals surface area contributed by atoms with Gasteiger partial charge in [-0.05, 0) is 55.2 Å². The predicted molar refractivity (Wildman–Crippen MR) is 101 cm³/mol. The smallest absolute Gasteiger partial charge is 0.256 e. The number of nitrogen functional groups attached to an aromatic ring is 1. The van der Waals surface area contributed by atoms with Gasteiger partial charge in [0.2, 0.25) is 10.0 Å². The van der Waals surface area contributed by atoms with Gasteiger partial charge in [0.1, 0.15) is 5.82 Å². The van der Waals surface area contributed by atoms with Crippen LogP contribution in [0.3, 0.4) is 0 Å². The fraction of sp³-hybridized carbons (Fsp3) is 0.316. The average molecular weight is 391 g/mol. The van der Waals surface area contributed by atoms with Gasteiger partial charge in [0, 0.05) is 25.3 Å². The first-order valence-electron chi connectivity index (χ1n) is 8.80. The van der Waals surface area contributed by atoms with Gasteiger partial charge < -0.3 is 10.6 Å². The molecule has 6 nitrogen and oxygen atoms in total. The molecule has 0 atom stereocenters. The molecular weight excluding hydrogens is 369 g/mol. The summed E-state index contributed by atoms with van der Waals surface area (Å²) >= 11 is 0. The lowest BCUT2D eigenvalue weighted by Gasteiger charge is -2.16. The molecule has 0 unspecified atom stereocenters. The molecule has 0 aliphatic carbocycles. The summed E-state index contributed by atoms with van der Waals surface area (Å²) in [4.78, 5) is 13.7. The Morgan fingerprint density at radius 1 is 1.11 bits per heavy atom. The van der Waals surface area contributed by atoms with Gasteiger partial charge in [0.15, 0.2) is 0 Å². The number of amides is 1. The fourth-order valence-corrected chi connectivity index (χ4v) is 4.07. The topological polar surface area (TPSA) is 92.5 Å². The molecular formula is C19H22FN3O3S. The summed E-state index contributed by atoms with van der Waals surface area (Å²) in [5.41, 5.74) is 7.09. The number of nitrogens with zero attached hydrogens (tertiary/aromatic N) is 1. The van der Waals surface area contributed by atoms with E-state index in [1.165, 1.54) is 12.1 Å². The Balaban J connectivity index is 1.66. The molecule has 1 amide bonds. The highest BCUT2D eigenvalue weighted by Gasteiger charge is 2.24. The summed E-state index contributed by atoms with van der Waals surface area (Å²) in [6.45, 7) is 1.37. The number of carbonyl (C=O) groups excluding carboxylic acids is 1. The standard InChI is InChI=1S/C19H22FN3O3S/c20-18-13-16(7-8-17(18)19(24)23-11-1-2-12-23)27(25,26)22-10-9-14-3-5-15(21)6-4-14/h3-8,13,22H,1-2,9-12,21H2. The SMILES string of the molecule is Nc1ccc(CCNS(=O)(=O)c2ccc(C(=O)N3CCCC3)c(F)c2)cc1. The number of likely N-dealkylation sites (tertiary alicyclic amines) is 1. The van der Waals surface area contributed by atoms with Gasteiger partial charge in [-0.15, -0.1) is 0 Å². The number of hydrogen-bond acceptors (Lipinski definition) is 4. The fourth-order valence-electron chi connectivity index (χ4n) is 3.02.